The van der Waals surface area contributed by atoms with Gasteiger partial charge in [-0.2, -0.15) is 0 Å². The number of thiazole rings is 1. The molecule has 1 atom stereocenters. The standard InChI is InChI=1S/C15H24N2O2S/c1-15(2,3)12-10-20-13(16-12)9-17-8-6-5-7-11(17)14(18)19-4/h10-11H,5-9H2,1-4H3/t11-/m1/s1. The third-order valence-corrected chi connectivity index (χ3v) is 4.58. The van der Waals surface area contributed by atoms with Crippen LogP contribution in [0.3, 0.4) is 0 Å². The fraction of sp³-hybridized carbons (Fsp3) is 0.733. The Kier molecular flexibility index (Phi) is 4.81. The van der Waals surface area contributed by atoms with Crippen LogP contribution in [0.5, 0.6) is 0 Å². The van der Waals surface area contributed by atoms with Gasteiger partial charge in [-0.25, -0.2) is 4.98 Å². The molecule has 0 aromatic carbocycles. The summed E-state index contributed by atoms with van der Waals surface area (Å²) in [5, 5.41) is 3.22. The highest BCUT2D eigenvalue weighted by molar-refractivity contribution is 7.09. The molecule has 0 bridgehead atoms. The molecule has 0 radical (unpaired) electrons. The number of aromatic nitrogens is 1. The first-order valence-corrected chi connectivity index (χ1v) is 8.06. The first-order chi connectivity index (χ1) is 9.41. The van der Waals surface area contributed by atoms with E-state index in [9.17, 15) is 4.79 Å². The summed E-state index contributed by atoms with van der Waals surface area (Å²) < 4.78 is 4.92. The number of likely N-dealkylation sites (tertiary alicyclic amines) is 1. The topological polar surface area (TPSA) is 42.4 Å². The molecule has 0 aliphatic carbocycles. The Balaban J connectivity index is 2.07. The molecule has 20 heavy (non-hydrogen) atoms. The van der Waals surface area contributed by atoms with Gasteiger partial charge < -0.3 is 4.74 Å². The molecule has 0 saturated carbocycles. The molecular weight excluding hydrogens is 272 g/mol. The van der Waals surface area contributed by atoms with Gasteiger partial charge in [0.2, 0.25) is 0 Å². The van der Waals surface area contributed by atoms with Gasteiger partial charge in [-0.1, -0.05) is 27.2 Å². The fourth-order valence-electron chi connectivity index (χ4n) is 2.48. The summed E-state index contributed by atoms with van der Waals surface area (Å²) in [5.41, 5.74) is 1.21. The molecule has 1 aromatic rings. The molecule has 5 heteroatoms. The molecule has 1 saturated heterocycles. The monoisotopic (exact) mass is 296 g/mol. The van der Waals surface area contributed by atoms with Crippen molar-refractivity contribution in [2.24, 2.45) is 0 Å². The number of esters is 1. The van der Waals surface area contributed by atoms with Crippen molar-refractivity contribution in [3.63, 3.8) is 0 Å². The minimum absolute atomic E-state index is 0.0817. The molecule has 4 nitrogen and oxygen atoms in total. The molecule has 0 amide bonds. The van der Waals surface area contributed by atoms with Gasteiger partial charge in [0.15, 0.2) is 0 Å². The van der Waals surface area contributed by atoms with Crippen LogP contribution < -0.4 is 0 Å². The number of rotatable bonds is 3. The van der Waals surface area contributed by atoms with Crippen LogP contribution in [-0.2, 0) is 21.5 Å². The SMILES string of the molecule is COC(=O)[C@H]1CCCCN1Cc1nc(C(C)(C)C)cs1. The maximum atomic E-state index is 11.9. The summed E-state index contributed by atoms with van der Waals surface area (Å²) in [5.74, 6) is -0.114. The number of nitrogens with zero attached hydrogens (tertiary/aromatic N) is 2. The Morgan fingerprint density at radius 3 is 2.85 bits per heavy atom. The Labute approximate surface area is 125 Å². The second-order valence-electron chi connectivity index (χ2n) is 6.38. The van der Waals surface area contributed by atoms with E-state index < -0.39 is 0 Å². The van der Waals surface area contributed by atoms with E-state index in [0.29, 0.717) is 0 Å². The number of carbonyl (C=O) groups excluding carboxylic acids is 1. The van der Waals surface area contributed by atoms with Crippen LogP contribution in [0.15, 0.2) is 5.38 Å². The number of ether oxygens (including phenoxy) is 1. The largest absolute Gasteiger partial charge is 0.468 e. The van der Waals surface area contributed by atoms with Gasteiger partial charge in [0.1, 0.15) is 11.0 Å². The van der Waals surface area contributed by atoms with Crippen LogP contribution in [0.2, 0.25) is 0 Å². The average molecular weight is 296 g/mol. The Morgan fingerprint density at radius 1 is 1.50 bits per heavy atom. The zero-order valence-electron chi connectivity index (χ0n) is 12.8. The molecule has 2 heterocycles. The molecular formula is C15H24N2O2S. The van der Waals surface area contributed by atoms with Crippen molar-refractivity contribution in [3.8, 4) is 0 Å². The lowest BCUT2D eigenvalue weighted by Gasteiger charge is -2.32. The van der Waals surface area contributed by atoms with Gasteiger partial charge in [-0.3, -0.25) is 9.69 Å². The molecule has 0 spiro atoms. The normalized spacial score (nSPS) is 20.9. The molecule has 1 aliphatic rings. The Morgan fingerprint density at radius 2 is 2.25 bits per heavy atom. The molecule has 0 N–H and O–H groups in total. The van der Waals surface area contributed by atoms with Crippen LogP contribution in [0.1, 0.15) is 50.7 Å². The van der Waals surface area contributed by atoms with Gasteiger partial charge in [-0.05, 0) is 19.4 Å². The maximum absolute atomic E-state index is 11.9. The summed E-state index contributed by atoms with van der Waals surface area (Å²) in [7, 11) is 1.47. The predicted octanol–water partition coefficient (Wildman–Crippen LogP) is 2.97. The average Bonchev–Trinajstić information content (AvgIpc) is 2.87. The number of carbonyl (C=O) groups is 1. The van der Waals surface area contributed by atoms with Crippen LogP contribution in [0.25, 0.3) is 0 Å². The van der Waals surface area contributed by atoms with Crippen LogP contribution in [0.4, 0.5) is 0 Å². The quantitative estimate of drug-likeness (QED) is 0.804. The predicted molar refractivity (Wildman–Crippen MR) is 80.9 cm³/mol. The van der Waals surface area contributed by atoms with E-state index in [2.05, 4.69) is 31.1 Å². The van der Waals surface area contributed by atoms with Crippen molar-refractivity contribution in [3.05, 3.63) is 16.1 Å². The van der Waals surface area contributed by atoms with Crippen molar-refractivity contribution >= 4 is 17.3 Å². The zero-order valence-corrected chi connectivity index (χ0v) is 13.6. The van der Waals surface area contributed by atoms with E-state index in [4.69, 9.17) is 9.72 Å². The first-order valence-electron chi connectivity index (χ1n) is 7.18. The van der Waals surface area contributed by atoms with Gasteiger partial charge in [0.05, 0.1) is 19.3 Å². The van der Waals surface area contributed by atoms with Crippen molar-refractivity contribution in [1.29, 1.82) is 0 Å². The van der Waals surface area contributed by atoms with Crippen LogP contribution >= 0.6 is 11.3 Å². The molecule has 0 unspecified atom stereocenters. The number of methoxy groups -OCH3 is 1. The summed E-state index contributed by atoms with van der Waals surface area (Å²) in [4.78, 5) is 18.8. The van der Waals surface area contributed by atoms with E-state index in [1.54, 1.807) is 11.3 Å². The lowest BCUT2D eigenvalue weighted by Crippen LogP contribution is -2.44. The van der Waals surface area contributed by atoms with Crippen LogP contribution in [-0.4, -0.2) is 35.5 Å². The van der Waals surface area contributed by atoms with E-state index in [0.717, 1.165) is 43.1 Å². The van der Waals surface area contributed by atoms with Gasteiger partial charge in [-0.15, -0.1) is 11.3 Å². The number of piperidine rings is 1. The van der Waals surface area contributed by atoms with Crippen molar-refractivity contribution in [1.82, 2.24) is 9.88 Å². The van der Waals surface area contributed by atoms with E-state index >= 15 is 0 Å². The lowest BCUT2D eigenvalue weighted by molar-refractivity contribution is -0.148. The Bertz CT molecular complexity index is 465. The highest BCUT2D eigenvalue weighted by Gasteiger charge is 2.30. The highest BCUT2D eigenvalue weighted by Crippen LogP contribution is 2.26. The van der Waals surface area contributed by atoms with Crippen molar-refractivity contribution < 1.29 is 9.53 Å². The van der Waals surface area contributed by atoms with Crippen molar-refractivity contribution in [2.45, 2.75) is 58.0 Å². The van der Waals surface area contributed by atoms with Gasteiger partial charge >= 0.3 is 5.97 Å². The highest BCUT2D eigenvalue weighted by atomic mass is 32.1. The molecule has 1 fully saturated rings. The summed E-state index contributed by atoms with van der Waals surface area (Å²) in [6.07, 6.45) is 3.14. The summed E-state index contributed by atoms with van der Waals surface area (Å²) in [6.45, 7) is 8.21. The van der Waals surface area contributed by atoms with Crippen molar-refractivity contribution in [2.75, 3.05) is 13.7 Å². The third-order valence-electron chi connectivity index (χ3n) is 3.75. The molecule has 2 rings (SSSR count). The minimum Gasteiger partial charge on any atom is -0.468 e. The fourth-order valence-corrected chi connectivity index (χ4v) is 3.53. The maximum Gasteiger partial charge on any atom is 0.323 e. The summed E-state index contributed by atoms with van der Waals surface area (Å²) >= 11 is 1.69. The van der Waals surface area contributed by atoms with E-state index in [1.807, 2.05) is 0 Å². The van der Waals surface area contributed by atoms with Gasteiger partial charge in [0, 0.05) is 10.8 Å². The first kappa shape index (κ1) is 15.4. The smallest absolute Gasteiger partial charge is 0.323 e. The van der Waals surface area contributed by atoms with E-state index in [-0.39, 0.29) is 17.4 Å². The lowest BCUT2D eigenvalue weighted by atomic mass is 9.93. The third kappa shape index (κ3) is 3.58. The van der Waals surface area contributed by atoms with Crippen LogP contribution in [0, 0.1) is 0 Å². The van der Waals surface area contributed by atoms with E-state index in [1.165, 1.54) is 7.11 Å². The number of hydrogen-bond donors (Lipinski definition) is 0. The second-order valence-corrected chi connectivity index (χ2v) is 7.32. The molecule has 1 aromatic heterocycles. The van der Waals surface area contributed by atoms with Gasteiger partial charge in [0.25, 0.3) is 0 Å². The number of hydrogen-bond acceptors (Lipinski definition) is 5. The Hall–Kier alpha value is -0.940. The minimum atomic E-state index is -0.114. The molecule has 1 aliphatic heterocycles. The summed E-state index contributed by atoms with van der Waals surface area (Å²) in [6, 6.07) is -0.101. The second kappa shape index (κ2) is 6.22. The zero-order chi connectivity index (χ0) is 14.8. The molecule has 112 valence electrons.